The van der Waals surface area contributed by atoms with Crippen LogP contribution in [-0.2, 0) is 4.79 Å². The number of amides is 1. The van der Waals surface area contributed by atoms with Crippen molar-refractivity contribution < 1.29 is 14.0 Å². The van der Waals surface area contributed by atoms with Crippen LogP contribution < -0.4 is 10.8 Å². The average Bonchev–Trinajstić information content (AvgIpc) is 3.09. The summed E-state index contributed by atoms with van der Waals surface area (Å²) in [6, 6.07) is 14.3. The number of carbonyl (C=O) groups is 2. The standard InChI is InChI=1S/C25H19BCl2N2O3/c1-12(2)23(32)24-22(29-13(3)31)19-11-18(14-4-7-16(27)8-5-14)21(30-25(19)33-24)17-9-6-15(26)10-20(17)28/h4-12H,1-3H3,(H,29,31). The Morgan fingerprint density at radius 2 is 1.73 bits per heavy atom. The number of rotatable bonds is 5. The molecule has 33 heavy (non-hydrogen) atoms. The molecule has 0 aliphatic carbocycles. The molecule has 1 amide bonds. The van der Waals surface area contributed by atoms with Gasteiger partial charge in [0, 0.05) is 34.0 Å². The Balaban J connectivity index is 2.07. The van der Waals surface area contributed by atoms with Crippen molar-refractivity contribution in [3.8, 4) is 22.4 Å². The van der Waals surface area contributed by atoms with E-state index in [1.165, 1.54) is 6.92 Å². The molecule has 1 N–H and O–H groups in total. The molecule has 0 unspecified atom stereocenters. The number of anilines is 1. The number of fused-ring (bicyclic) bond motifs is 1. The van der Waals surface area contributed by atoms with Gasteiger partial charge < -0.3 is 9.73 Å². The Hall–Kier alpha value is -3.09. The minimum absolute atomic E-state index is 0.0605. The van der Waals surface area contributed by atoms with E-state index in [4.69, 9.17) is 40.4 Å². The predicted molar refractivity (Wildman–Crippen MR) is 134 cm³/mol. The predicted octanol–water partition coefficient (Wildman–Crippen LogP) is 6.06. The molecule has 0 saturated carbocycles. The second-order valence-corrected chi connectivity index (χ2v) is 8.83. The molecule has 164 valence electrons. The van der Waals surface area contributed by atoms with Gasteiger partial charge in [0.2, 0.25) is 17.4 Å². The van der Waals surface area contributed by atoms with Gasteiger partial charge in [-0.25, -0.2) is 4.98 Å². The van der Waals surface area contributed by atoms with Crippen molar-refractivity contribution in [3.63, 3.8) is 0 Å². The van der Waals surface area contributed by atoms with Crippen LogP contribution in [0.5, 0.6) is 0 Å². The Morgan fingerprint density at radius 3 is 2.33 bits per heavy atom. The molecule has 0 atom stereocenters. The van der Waals surface area contributed by atoms with E-state index in [2.05, 4.69) is 5.32 Å². The summed E-state index contributed by atoms with van der Waals surface area (Å²) in [7, 11) is 5.88. The number of pyridine rings is 1. The van der Waals surface area contributed by atoms with Crippen molar-refractivity contribution in [2.24, 2.45) is 5.92 Å². The molecule has 2 aromatic carbocycles. The molecule has 0 aliphatic heterocycles. The highest BCUT2D eigenvalue weighted by molar-refractivity contribution is 6.38. The van der Waals surface area contributed by atoms with Gasteiger partial charge in [-0.2, -0.15) is 0 Å². The average molecular weight is 477 g/mol. The number of hydrogen-bond donors (Lipinski definition) is 1. The molecule has 2 aromatic heterocycles. The molecule has 0 bridgehead atoms. The lowest BCUT2D eigenvalue weighted by molar-refractivity contribution is -0.114. The van der Waals surface area contributed by atoms with Crippen LogP contribution in [0.25, 0.3) is 33.5 Å². The number of Topliss-reactive ketones (excluding diaryl/α,β-unsaturated/α-hetero) is 1. The Kier molecular flexibility index (Phi) is 6.33. The fraction of sp³-hybridized carbons (Fsp3) is 0.160. The van der Waals surface area contributed by atoms with E-state index in [1.807, 2.05) is 18.2 Å². The van der Waals surface area contributed by atoms with Crippen LogP contribution in [-0.4, -0.2) is 24.5 Å². The van der Waals surface area contributed by atoms with Crippen LogP contribution in [0.3, 0.4) is 0 Å². The maximum Gasteiger partial charge on any atom is 0.229 e. The molecule has 8 heteroatoms. The molecule has 4 rings (SSSR count). The largest absolute Gasteiger partial charge is 0.432 e. The van der Waals surface area contributed by atoms with Crippen LogP contribution in [0.2, 0.25) is 10.0 Å². The van der Waals surface area contributed by atoms with Gasteiger partial charge >= 0.3 is 0 Å². The highest BCUT2D eigenvalue weighted by atomic mass is 35.5. The van der Waals surface area contributed by atoms with Crippen molar-refractivity contribution >= 4 is 65.0 Å². The summed E-state index contributed by atoms with van der Waals surface area (Å²) in [4.78, 5) is 29.5. The van der Waals surface area contributed by atoms with Crippen molar-refractivity contribution in [2.45, 2.75) is 20.8 Å². The van der Waals surface area contributed by atoms with Gasteiger partial charge in [-0.05, 0) is 29.8 Å². The number of furan rings is 1. The molecule has 2 radical (unpaired) electrons. The van der Waals surface area contributed by atoms with Crippen LogP contribution >= 0.6 is 23.2 Å². The summed E-state index contributed by atoms with van der Waals surface area (Å²) >= 11 is 12.6. The maximum atomic E-state index is 12.8. The molecule has 2 heterocycles. The summed E-state index contributed by atoms with van der Waals surface area (Å²) in [5.74, 6) is -0.837. The van der Waals surface area contributed by atoms with Crippen LogP contribution in [0.1, 0.15) is 31.3 Å². The number of halogens is 2. The first-order valence-electron chi connectivity index (χ1n) is 10.3. The molecule has 0 saturated heterocycles. The molecule has 0 aliphatic rings. The molecular formula is C25H19BCl2N2O3. The SMILES string of the molecule is [B]c1ccc(-c2nc3oc(C(=O)C(C)C)c(NC(C)=O)c3cc2-c2ccc(Cl)cc2)c(Cl)c1. The molecular weight excluding hydrogens is 458 g/mol. The van der Waals surface area contributed by atoms with Crippen molar-refractivity contribution in [2.75, 3.05) is 5.32 Å². The van der Waals surface area contributed by atoms with Gasteiger partial charge in [-0.15, -0.1) is 0 Å². The summed E-state index contributed by atoms with van der Waals surface area (Å²) in [5.41, 5.74) is 3.77. The normalized spacial score (nSPS) is 11.2. The zero-order valence-electron chi connectivity index (χ0n) is 18.2. The number of nitrogens with zero attached hydrogens (tertiary/aromatic N) is 1. The van der Waals surface area contributed by atoms with Gasteiger partial charge in [0.1, 0.15) is 13.5 Å². The van der Waals surface area contributed by atoms with Crippen molar-refractivity contribution in [3.05, 3.63) is 64.3 Å². The maximum absolute atomic E-state index is 12.8. The van der Waals surface area contributed by atoms with E-state index in [-0.39, 0.29) is 29.1 Å². The van der Waals surface area contributed by atoms with E-state index in [9.17, 15) is 9.59 Å². The molecule has 0 spiro atoms. The third-order valence-corrected chi connectivity index (χ3v) is 5.70. The quantitative estimate of drug-likeness (QED) is 0.280. The fourth-order valence-electron chi connectivity index (χ4n) is 3.54. The Labute approximate surface area is 202 Å². The number of hydrogen-bond acceptors (Lipinski definition) is 4. The van der Waals surface area contributed by atoms with Crippen LogP contribution in [0.15, 0.2) is 52.9 Å². The minimum Gasteiger partial charge on any atom is -0.432 e. The third-order valence-electron chi connectivity index (χ3n) is 5.14. The highest BCUT2D eigenvalue weighted by Crippen LogP contribution is 2.40. The Bertz CT molecular complexity index is 1400. The zero-order chi connectivity index (χ0) is 23.9. The fourth-order valence-corrected chi connectivity index (χ4v) is 3.94. The first-order chi connectivity index (χ1) is 15.7. The van der Waals surface area contributed by atoms with Gasteiger partial charge in [0.15, 0.2) is 5.76 Å². The number of carbonyl (C=O) groups excluding carboxylic acids is 2. The van der Waals surface area contributed by atoms with Gasteiger partial charge in [-0.3, -0.25) is 9.59 Å². The lowest BCUT2D eigenvalue weighted by atomic mass is 9.92. The van der Waals surface area contributed by atoms with Gasteiger partial charge in [0.25, 0.3) is 0 Å². The lowest BCUT2D eigenvalue weighted by Crippen LogP contribution is -2.12. The first kappa shape index (κ1) is 23.1. The van der Waals surface area contributed by atoms with Crippen molar-refractivity contribution in [1.29, 1.82) is 0 Å². The summed E-state index contributed by atoms with van der Waals surface area (Å²) in [6.45, 7) is 4.90. The topological polar surface area (TPSA) is 72.2 Å². The third kappa shape index (κ3) is 4.54. The second kappa shape index (κ2) is 9.04. The van der Waals surface area contributed by atoms with Crippen LogP contribution in [0.4, 0.5) is 5.69 Å². The van der Waals surface area contributed by atoms with E-state index in [0.717, 1.165) is 11.1 Å². The molecule has 0 fully saturated rings. The van der Waals surface area contributed by atoms with Crippen molar-refractivity contribution in [1.82, 2.24) is 4.98 Å². The van der Waals surface area contributed by atoms with E-state index in [0.29, 0.717) is 37.8 Å². The smallest absolute Gasteiger partial charge is 0.229 e. The Morgan fingerprint density at radius 1 is 1.03 bits per heavy atom. The van der Waals surface area contributed by atoms with E-state index < -0.39 is 0 Å². The number of benzene rings is 2. The molecule has 4 aromatic rings. The summed E-state index contributed by atoms with van der Waals surface area (Å²) in [5, 5.41) is 4.26. The molecule has 5 nitrogen and oxygen atoms in total. The minimum atomic E-state index is -0.334. The van der Waals surface area contributed by atoms with E-state index in [1.54, 1.807) is 44.2 Å². The first-order valence-corrected chi connectivity index (χ1v) is 11.0. The monoisotopic (exact) mass is 476 g/mol. The number of aromatic nitrogens is 1. The number of nitrogens with one attached hydrogen (secondary N) is 1. The highest BCUT2D eigenvalue weighted by Gasteiger charge is 2.26. The second-order valence-electron chi connectivity index (χ2n) is 7.99. The van der Waals surface area contributed by atoms with Gasteiger partial charge in [-0.1, -0.05) is 66.8 Å². The zero-order valence-corrected chi connectivity index (χ0v) is 19.7. The van der Waals surface area contributed by atoms with Gasteiger partial charge in [0.05, 0.1) is 11.1 Å². The van der Waals surface area contributed by atoms with Crippen LogP contribution in [0, 0.1) is 5.92 Å². The van der Waals surface area contributed by atoms with E-state index >= 15 is 0 Å². The summed E-state index contributed by atoms with van der Waals surface area (Å²) < 4.78 is 5.89. The lowest BCUT2D eigenvalue weighted by Gasteiger charge is -2.12. The number of ketones is 1. The summed E-state index contributed by atoms with van der Waals surface area (Å²) in [6.07, 6.45) is 0.